The van der Waals surface area contributed by atoms with Gasteiger partial charge in [-0.3, -0.25) is 9.79 Å². The second-order valence-corrected chi connectivity index (χ2v) is 6.49. The first kappa shape index (κ1) is 19.0. The minimum Gasteiger partial charge on any atom is -0.347 e. The van der Waals surface area contributed by atoms with E-state index in [9.17, 15) is 4.79 Å². The number of nitrogens with one attached hydrogen (secondary N) is 1. The normalized spacial score (nSPS) is 18.1. The molecule has 1 fully saturated rings. The summed E-state index contributed by atoms with van der Waals surface area (Å²) in [6.07, 6.45) is 3.33. The van der Waals surface area contributed by atoms with Crippen molar-refractivity contribution in [3.63, 3.8) is 0 Å². The molecule has 2 aliphatic rings. The number of halogens is 1. The average molecular weight is 442 g/mol. The fourth-order valence-electron chi connectivity index (χ4n) is 3.32. The van der Waals surface area contributed by atoms with Gasteiger partial charge in [-0.25, -0.2) is 0 Å². The molecule has 0 unspecified atom stereocenters. The number of amides is 1. The largest absolute Gasteiger partial charge is 0.347 e. The Bertz CT molecular complexity index is 555. The lowest BCUT2D eigenvalue weighted by molar-refractivity contribution is -0.131. The van der Waals surface area contributed by atoms with Gasteiger partial charge in [0.1, 0.15) is 0 Å². The predicted octanol–water partition coefficient (Wildman–Crippen LogP) is 1.98. The zero-order valence-electron chi connectivity index (χ0n) is 14.3. The summed E-state index contributed by atoms with van der Waals surface area (Å²) in [5.41, 5.74) is 1.40. The zero-order chi connectivity index (χ0) is 16.1. The molecule has 1 N–H and O–H groups in total. The SMILES string of the molecule is CN1CCN=C1NCC(=O)N1CCC(Cc2ccccc2)CC1.I. The molecule has 24 heavy (non-hydrogen) atoms. The maximum absolute atomic E-state index is 12.3. The van der Waals surface area contributed by atoms with Gasteiger partial charge >= 0.3 is 0 Å². The number of rotatable bonds is 4. The van der Waals surface area contributed by atoms with Crippen molar-refractivity contribution in [1.29, 1.82) is 0 Å². The van der Waals surface area contributed by atoms with Crippen LogP contribution < -0.4 is 5.32 Å². The van der Waals surface area contributed by atoms with Gasteiger partial charge in [-0.2, -0.15) is 0 Å². The van der Waals surface area contributed by atoms with Gasteiger partial charge in [-0.15, -0.1) is 24.0 Å². The van der Waals surface area contributed by atoms with Crippen LogP contribution in [0, 0.1) is 5.92 Å². The molecule has 0 radical (unpaired) electrons. The van der Waals surface area contributed by atoms with Crippen molar-refractivity contribution in [2.75, 3.05) is 39.8 Å². The molecule has 0 aliphatic carbocycles. The number of hydrogen-bond donors (Lipinski definition) is 1. The van der Waals surface area contributed by atoms with Gasteiger partial charge < -0.3 is 15.1 Å². The highest BCUT2D eigenvalue weighted by atomic mass is 127. The number of carbonyl (C=O) groups excluding carboxylic acids is 1. The van der Waals surface area contributed by atoms with Crippen LogP contribution >= 0.6 is 24.0 Å². The lowest BCUT2D eigenvalue weighted by atomic mass is 9.90. The number of hydrogen-bond acceptors (Lipinski definition) is 4. The molecule has 2 aliphatic heterocycles. The van der Waals surface area contributed by atoms with Crippen LogP contribution in [0.3, 0.4) is 0 Å². The first-order chi connectivity index (χ1) is 11.2. The number of likely N-dealkylation sites (tertiary alicyclic amines) is 1. The summed E-state index contributed by atoms with van der Waals surface area (Å²) in [6, 6.07) is 10.6. The van der Waals surface area contributed by atoms with E-state index in [4.69, 9.17) is 0 Å². The summed E-state index contributed by atoms with van der Waals surface area (Å²) < 4.78 is 0. The van der Waals surface area contributed by atoms with Crippen LogP contribution in [-0.2, 0) is 11.2 Å². The molecule has 0 spiro atoms. The third kappa shape index (κ3) is 5.09. The highest BCUT2D eigenvalue weighted by Crippen LogP contribution is 2.21. The average Bonchev–Trinajstić information content (AvgIpc) is 2.99. The summed E-state index contributed by atoms with van der Waals surface area (Å²) in [5, 5.41) is 3.16. The summed E-state index contributed by atoms with van der Waals surface area (Å²) in [5.74, 6) is 1.73. The Morgan fingerprint density at radius 3 is 2.54 bits per heavy atom. The Balaban J connectivity index is 0.00000208. The van der Waals surface area contributed by atoms with Crippen LogP contribution in [0.1, 0.15) is 18.4 Å². The van der Waals surface area contributed by atoms with E-state index in [1.165, 1.54) is 5.56 Å². The molecule has 1 aromatic carbocycles. The number of piperidine rings is 1. The van der Waals surface area contributed by atoms with Crippen molar-refractivity contribution in [3.8, 4) is 0 Å². The standard InChI is InChI=1S/C18H26N4O.HI/c1-21-12-9-19-18(21)20-14-17(23)22-10-7-16(8-11-22)13-15-5-3-2-4-6-15;/h2-6,16H,7-14H2,1H3,(H,19,20);1H. The predicted molar refractivity (Wildman–Crippen MR) is 108 cm³/mol. The molecule has 1 aromatic rings. The van der Waals surface area contributed by atoms with Gasteiger partial charge in [0, 0.05) is 26.7 Å². The number of guanidine groups is 1. The van der Waals surface area contributed by atoms with Crippen molar-refractivity contribution in [2.24, 2.45) is 10.9 Å². The topological polar surface area (TPSA) is 47.9 Å². The number of carbonyl (C=O) groups is 1. The van der Waals surface area contributed by atoms with Crippen LogP contribution in [-0.4, -0.2) is 61.4 Å². The Morgan fingerprint density at radius 2 is 1.92 bits per heavy atom. The molecular formula is C18H27IN4O. The van der Waals surface area contributed by atoms with Crippen molar-refractivity contribution in [1.82, 2.24) is 15.1 Å². The van der Waals surface area contributed by atoms with Crippen LogP contribution in [0.4, 0.5) is 0 Å². The first-order valence-electron chi connectivity index (χ1n) is 8.53. The maximum Gasteiger partial charge on any atom is 0.241 e. The third-order valence-electron chi connectivity index (χ3n) is 4.79. The van der Waals surface area contributed by atoms with E-state index in [0.29, 0.717) is 12.5 Å². The summed E-state index contributed by atoms with van der Waals surface area (Å²) in [6.45, 7) is 3.85. The molecule has 0 atom stereocenters. The molecule has 1 saturated heterocycles. The van der Waals surface area contributed by atoms with Crippen molar-refractivity contribution >= 4 is 35.8 Å². The van der Waals surface area contributed by atoms with E-state index in [0.717, 1.165) is 51.4 Å². The second-order valence-electron chi connectivity index (χ2n) is 6.49. The smallest absolute Gasteiger partial charge is 0.241 e. The molecule has 3 rings (SSSR count). The van der Waals surface area contributed by atoms with E-state index >= 15 is 0 Å². The Hall–Kier alpha value is -1.31. The Labute approximate surface area is 161 Å². The summed E-state index contributed by atoms with van der Waals surface area (Å²) in [4.78, 5) is 20.7. The first-order valence-corrected chi connectivity index (χ1v) is 8.53. The molecular weight excluding hydrogens is 415 g/mol. The lowest BCUT2D eigenvalue weighted by Crippen LogP contribution is -2.46. The maximum atomic E-state index is 12.3. The second kappa shape index (κ2) is 9.25. The minimum absolute atomic E-state index is 0. The van der Waals surface area contributed by atoms with Gasteiger partial charge in [0.2, 0.25) is 5.91 Å². The minimum atomic E-state index is 0. The summed E-state index contributed by atoms with van der Waals surface area (Å²) in [7, 11) is 2.00. The van der Waals surface area contributed by atoms with Crippen molar-refractivity contribution < 1.29 is 4.79 Å². The summed E-state index contributed by atoms with van der Waals surface area (Å²) >= 11 is 0. The lowest BCUT2D eigenvalue weighted by Gasteiger charge is -2.32. The van der Waals surface area contributed by atoms with Crippen LogP contribution in [0.2, 0.25) is 0 Å². The monoisotopic (exact) mass is 442 g/mol. The zero-order valence-corrected chi connectivity index (χ0v) is 16.6. The number of aliphatic imine (C=N–C) groups is 1. The molecule has 1 amide bonds. The van der Waals surface area contributed by atoms with E-state index in [2.05, 4.69) is 45.5 Å². The van der Waals surface area contributed by atoms with Gasteiger partial charge in [0.05, 0.1) is 13.1 Å². The quantitative estimate of drug-likeness (QED) is 0.726. The molecule has 0 saturated carbocycles. The Kier molecular flexibility index (Phi) is 7.33. The Morgan fingerprint density at radius 1 is 1.21 bits per heavy atom. The van der Waals surface area contributed by atoms with Gasteiger partial charge in [-0.1, -0.05) is 30.3 Å². The third-order valence-corrected chi connectivity index (χ3v) is 4.79. The van der Waals surface area contributed by atoms with Crippen molar-refractivity contribution in [3.05, 3.63) is 35.9 Å². The fraction of sp³-hybridized carbons (Fsp3) is 0.556. The van der Waals surface area contributed by atoms with Crippen molar-refractivity contribution in [2.45, 2.75) is 19.3 Å². The van der Waals surface area contributed by atoms with Crippen LogP contribution in [0.25, 0.3) is 0 Å². The van der Waals surface area contributed by atoms with Gasteiger partial charge in [-0.05, 0) is 30.7 Å². The number of likely N-dealkylation sites (N-methyl/N-ethyl adjacent to an activating group) is 1. The van der Waals surface area contributed by atoms with E-state index in [-0.39, 0.29) is 29.9 Å². The highest BCUT2D eigenvalue weighted by molar-refractivity contribution is 14.0. The van der Waals surface area contributed by atoms with E-state index in [1.54, 1.807) is 0 Å². The fourth-order valence-corrected chi connectivity index (χ4v) is 3.32. The van der Waals surface area contributed by atoms with Gasteiger partial charge in [0.15, 0.2) is 5.96 Å². The molecule has 0 bridgehead atoms. The van der Waals surface area contributed by atoms with E-state index < -0.39 is 0 Å². The molecule has 6 heteroatoms. The molecule has 132 valence electrons. The van der Waals surface area contributed by atoms with Crippen LogP contribution in [0.5, 0.6) is 0 Å². The van der Waals surface area contributed by atoms with Crippen LogP contribution in [0.15, 0.2) is 35.3 Å². The number of benzene rings is 1. The molecule has 2 heterocycles. The molecule has 0 aromatic heterocycles. The van der Waals surface area contributed by atoms with Gasteiger partial charge in [0.25, 0.3) is 0 Å². The number of nitrogens with zero attached hydrogens (tertiary/aromatic N) is 3. The van der Waals surface area contributed by atoms with E-state index in [1.807, 2.05) is 11.9 Å². The highest BCUT2D eigenvalue weighted by Gasteiger charge is 2.23. The molecule has 5 nitrogen and oxygen atoms in total.